The number of carbonyl (C=O) groups is 1. The maximum Gasteiger partial charge on any atom is 0.320 e. The lowest BCUT2D eigenvalue weighted by atomic mass is 10.2. The van der Waals surface area contributed by atoms with Crippen LogP contribution < -0.4 is 5.32 Å². The van der Waals surface area contributed by atoms with Crippen molar-refractivity contribution in [3.63, 3.8) is 0 Å². The molecule has 1 saturated carbocycles. The van der Waals surface area contributed by atoms with Crippen LogP contribution in [0.25, 0.3) is 0 Å². The second kappa shape index (κ2) is 5.35. The van der Waals surface area contributed by atoms with Gasteiger partial charge in [-0.3, -0.25) is 4.79 Å². The highest BCUT2D eigenvalue weighted by Crippen LogP contribution is 2.34. The van der Waals surface area contributed by atoms with E-state index in [2.05, 4.69) is 12.2 Å². The zero-order chi connectivity index (χ0) is 10.6. The summed E-state index contributed by atoms with van der Waals surface area (Å²) in [6.07, 6.45) is 3.73. The Hall–Kier alpha value is -0.570. The normalized spacial score (nSPS) is 25.1. The SMILES string of the molecule is CCCC1CC1NCC(=O)OC(C)C. The van der Waals surface area contributed by atoms with Gasteiger partial charge >= 0.3 is 5.97 Å². The molecule has 0 saturated heterocycles. The van der Waals surface area contributed by atoms with Gasteiger partial charge in [0.25, 0.3) is 0 Å². The second-order valence-corrected chi connectivity index (χ2v) is 4.31. The second-order valence-electron chi connectivity index (χ2n) is 4.31. The van der Waals surface area contributed by atoms with Crippen LogP contribution in [0.1, 0.15) is 40.0 Å². The number of ether oxygens (including phenoxy) is 1. The summed E-state index contributed by atoms with van der Waals surface area (Å²) in [4.78, 5) is 11.2. The van der Waals surface area contributed by atoms with Gasteiger partial charge in [0.1, 0.15) is 0 Å². The third kappa shape index (κ3) is 4.09. The Morgan fingerprint density at radius 2 is 2.29 bits per heavy atom. The Morgan fingerprint density at radius 3 is 2.86 bits per heavy atom. The van der Waals surface area contributed by atoms with Gasteiger partial charge in [0.2, 0.25) is 0 Å². The van der Waals surface area contributed by atoms with Crippen LogP contribution in [-0.4, -0.2) is 24.7 Å². The maximum atomic E-state index is 11.2. The van der Waals surface area contributed by atoms with Crippen molar-refractivity contribution in [3.05, 3.63) is 0 Å². The Balaban J connectivity index is 2.02. The lowest BCUT2D eigenvalue weighted by Gasteiger charge is -2.08. The quantitative estimate of drug-likeness (QED) is 0.662. The van der Waals surface area contributed by atoms with E-state index in [0.717, 1.165) is 5.92 Å². The number of hydrogen-bond donors (Lipinski definition) is 1. The zero-order valence-electron chi connectivity index (χ0n) is 9.38. The van der Waals surface area contributed by atoms with Crippen molar-refractivity contribution in [1.29, 1.82) is 0 Å². The van der Waals surface area contributed by atoms with Crippen LogP contribution in [0.4, 0.5) is 0 Å². The van der Waals surface area contributed by atoms with E-state index >= 15 is 0 Å². The lowest BCUT2D eigenvalue weighted by molar-refractivity contribution is -0.146. The number of rotatable bonds is 6. The molecular weight excluding hydrogens is 178 g/mol. The summed E-state index contributed by atoms with van der Waals surface area (Å²) in [5.74, 6) is 0.661. The maximum absolute atomic E-state index is 11.2. The summed E-state index contributed by atoms with van der Waals surface area (Å²) in [5.41, 5.74) is 0. The minimum Gasteiger partial charge on any atom is -0.462 e. The zero-order valence-corrected chi connectivity index (χ0v) is 9.38. The van der Waals surface area contributed by atoms with Crippen molar-refractivity contribution in [3.8, 4) is 0 Å². The van der Waals surface area contributed by atoms with Gasteiger partial charge in [-0.1, -0.05) is 13.3 Å². The summed E-state index contributed by atoms with van der Waals surface area (Å²) >= 11 is 0. The van der Waals surface area contributed by atoms with Crippen LogP contribution >= 0.6 is 0 Å². The van der Waals surface area contributed by atoms with E-state index in [-0.39, 0.29) is 12.1 Å². The third-order valence-corrected chi connectivity index (χ3v) is 2.46. The van der Waals surface area contributed by atoms with Crippen LogP contribution in [0.5, 0.6) is 0 Å². The monoisotopic (exact) mass is 199 g/mol. The first-order valence-corrected chi connectivity index (χ1v) is 5.56. The largest absolute Gasteiger partial charge is 0.462 e. The molecule has 3 heteroatoms. The Kier molecular flexibility index (Phi) is 4.39. The molecular formula is C11H21NO2. The molecule has 0 radical (unpaired) electrons. The molecule has 0 aromatic rings. The lowest BCUT2D eigenvalue weighted by Crippen LogP contribution is -2.29. The van der Waals surface area contributed by atoms with Crippen molar-refractivity contribution in [2.75, 3.05) is 6.54 Å². The van der Waals surface area contributed by atoms with Crippen LogP contribution in [-0.2, 0) is 9.53 Å². The van der Waals surface area contributed by atoms with Gasteiger partial charge in [-0.15, -0.1) is 0 Å². The molecule has 1 rings (SSSR count). The molecule has 0 aromatic carbocycles. The molecule has 0 amide bonds. The fourth-order valence-electron chi connectivity index (χ4n) is 1.71. The van der Waals surface area contributed by atoms with Gasteiger partial charge in [0, 0.05) is 6.04 Å². The molecule has 82 valence electrons. The smallest absolute Gasteiger partial charge is 0.320 e. The molecule has 0 spiro atoms. The fraction of sp³-hybridized carbons (Fsp3) is 0.909. The van der Waals surface area contributed by atoms with Gasteiger partial charge in [-0.2, -0.15) is 0 Å². The predicted octanol–water partition coefficient (Wildman–Crippen LogP) is 1.72. The summed E-state index contributed by atoms with van der Waals surface area (Å²) in [6.45, 7) is 6.30. The van der Waals surface area contributed by atoms with Gasteiger partial charge in [-0.05, 0) is 32.6 Å². The van der Waals surface area contributed by atoms with E-state index < -0.39 is 0 Å². The number of nitrogens with one attached hydrogen (secondary N) is 1. The first-order chi connectivity index (χ1) is 6.63. The number of carbonyl (C=O) groups excluding carboxylic acids is 1. The van der Waals surface area contributed by atoms with Crippen LogP contribution in [0.2, 0.25) is 0 Å². The summed E-state index contributed by atoms with van der Waals surface area (Å²) < 4.78 is 5.02. The van der Waals surface area contributed by atoms with Crippen LogP contribution in [0, 0.1) is 5.92 Å². The molecule has 0 aromatic heterocycles. The molecule has 1 aliphatic rings. The Labute approximate surface area is 86.2 Å². The standard InChI is InChI=1S/C11H21NO2/c1-4-5-9-6-10(9)12-7-11(13)14-8(2)3/h8-10,12H,4-7H2,1-3H3. The number of hydrogen-bond acceptors (Lipinski definition) is 3. The van der Waals surface area contributed by atoms with Crippen LogP contribution in [0.15, 0.2) is 0 Å². The third-order valence-electron chi connectivity index (χ3n) is 2.46. The Morgan fingerprint density at radius 1 is 1.57 bits per heavy atom. The van der Waals surface area contributed by atoms with E-state index in [1.54, 1.807) is 0 Å². The summed E-state index contributed by atoms with van der Waals surface area (Å²) in [7, 11) is 0. The van der Waals surface area contributed by atoms with E-state index in [1.807, 2.05) is 13.8 Å². The van der Waals surface area contributed by atoms with Gasteiger partial charge in [0.15, 0.2) is 0 Å². The average Bonchev–Trinajstić information content (AvgIpc) is 2.80. The predicted molar refractivity (Wildman–Crippen MR) is 56.0 cm³/mol. The molecule has 2 atom stereocenters. The highest BCUT2D eigenvalue weighted by atomic mass is 16.5. The number of esters is 1. The van der Waals surface area contributed by atoms with Gasteiger partial charge < -0.3 is 10.1 Å². The molecule has 1 fully saturated rings. The first kappa shape index (κ1) is 11.5. The van der Waals surface area contributed by atoms with Crippen LogP contribution in [0.3, 0.4) is 0 Å². The minimum atomic E-state index is -0.137. The summed E-state index contributed by atoms with van der Waals surface area (Å²) in [5, 5.41) is 3.22. The molecule has 1 aliphatic carbocycles. The Bertz CT molecular complexity index is 192. The fourth-order valence-corrected chi connectivity index (χ4v) is 1.71. The molecule has 2 unspecified atom stereocenters. The first-order valence-electron chi connectivity index (χ1n) is 5.56. The molecule has 0 heterocycles. The van der Waals surface area contributed by atoms with Gasteiger partial charge in [0.05, 0.1) is 12.6 Å². The average molecular weight is 199 g/mol. The molecule has 1 N–H and O–H groups in total. The molecule has 3 nitrogen and oxygen atoms in total. The van der Waals surface area contributed by atoms with Crippen molar-refractivity contribution < 1.29 is 9.53 Å². The highest BCUT2D eigenvalue weighted by molar-refractivity contribution is 5.71. The van der Waals surface area contributed by atoms with Crippen molar-refractivity contribution in [1.82, 2.24) is 5.32 Å². The van der Waals surface area contributed by atoms with E-state index in [9.17, 15) is 4.79 Å². The van der Waals surface area contributed by atoms with Crippen molar-refractivity contribution >= 4 is 5.97 Å². The molecule has 0 bridgehead atoms. The van der Waals surface area contributed by atoms with Crippen molar-refractivity contribution in [2.24, 2.45) is 5.92 Å². The van der Waals surface area contributed by atoms with E-state index in [0.29, 0.717) is 12.6 Å². The topological polar surface area (TPSA) is 38.3 Å². The molecule has 14 heavy (non-hydrogen) atoms. The van der Waals surface area contributed by atoms with E-state index in [1.165, 1.54) is 19.3 Å². The highest BCUT2D eigenvalue weighted by Gasteiger charge is 2.35. The minimum absolute atomic E-state index is 0.00468. The summed E-state index contributed by atoms with van der Waals surface area (Å²) in [6, 6.07) is 0.565. The molecule has 0 aliphatic heterocycles. The van der Waals surface area contributed by atoms with Crippen molar-refractivity contribution in [2.45, 2.75) is 52.2 Å². The van der Waals surface area contributed by atoms with Gasteiger partial charge in [-0.25, -0.2) is 0 Å². The van der Waals surface area contributed by atoms with E-state index in [4.69, 9.17) is 4.74 Å².